The second-order valence-electron chi connectivity index (χ2n) is 6.71. The monoisotopic (exact) mass is 514 g/mol. The molecule has 0 amide bonds. The molecule has 28 heavy (non-hydrogen) atoms. The normalized spacial score (nSPS) is 16.1. The summed E-state index contributed by atoms with van der Waals surface area (Å²) in [4.78, 5) is 12.3. The molecule has 1 aromatic heterocycles. The molecule has 1 saturated heterocycles. The number of nitrogens with zero attached hydrogens (tertiary/aromatic N) is 4. The molecule has 2 rings (SSSR count). The fourth-order valence-corrected chi connectivity index (χ4v) is 3.02. The van der Waals surface area contributed by atoms with E-state index in [1.165, 1.54) is 11.9 Å². The maximum atomic E-state index is 12.4. The highest BCUT2D eigenvalue weighted by atomic mass is 127. The number of alkyl halides is 3. The first-order valence-electron chi connectivity index (χ1n) is 9.33. The van der Waals surface area contributed by atoms with Gasteiger partial charge in [0.05, 0.1) is 13.1 Å². The van der Waals surface area contributed by atoms with Crippen LogP contribution in [0.15, 0.2) is 29.4 Å². The number of guanidine groups is 1. The van der Waals surface area contributed by atoms with Crippen LogP contribution in [-0.2, 0) is 0 Å². The van der Waals surface area contributed by atoms with Crippen LogP contribution in [0, 0.1) is 0 Å². The van der Waals surface area contributed by atoms with Crippen molar-refractivity contribution in [2.75, 3.05) is 51.2 Å². The number of halogens is 4. The minimum Gasteiger partial charge on any atom is -0.357 e. The highest BCUT2D eigenvalue weighted by Gasteiger charge is 2.28. The van der Waals surface area contributed by atoms with Gasteiger partial charge in [-0.15, -0.1) is 24.0 Å². The van der Waals surface area contributed by atoms with Crippen molar-refractivity contribution < 1.29 is 13.2 Å². The number of nitrogens with one attached hydrogen (secondary N) is 2. The standard InChI is InChI=1S/C18H29F3N6.HI/c1-3-22-17(24-10-13-26(2)14-18(19,20)21)25-15-7-11-27(12-8-15)16-6-4-5-9-23-16;/h4-6,9,15H,3,7-8,10-14H2,1-2H3,(H2,22,24,25);1H. The van der Waals surface area contributed by atoms with Crippen molar-refractivity contribution in [2.24, 2.45) is 4.99 Å². The lowest BCUT2D eigenvalue weighted by Crippen LogP contribution is -2.49. The lowest BCUT2D eigenvalue weighted by Gasteiger charge is -2.33. The summed E-state index contributed by atoms with van der Waals surface area (Å²) < 4.78 is 37.1. The molecule has 10 heteroatoms. The minimum atomic E-state index is -4.18. The maximum Gasteiger partial charge on any atom is 0.401 e. The van der Waals surface area contributed by atoms with Crippen molar-refractivity contribution in [1.29, 1.82) is 0 Å². The van der Waals surface area contributed by atoms with Gasteiger partial charge in [-0.25, -0.2) is 4.98 Å². The molecule has 1 aliphatic rings. The third kappa shape index (κ3) is 9.26. The number of aromatic nitrogens is 1. The summed E-state index contributed by atoms with van der Waals surface area (Å²) in [5.74, 6) is 1.65. The van der Waals surface area contributed by atoms with Gasteiger partial charge in [0.15, 0.2) is 5.96 Å². The largest absolute Gasteiger partial charge is 0.401 e. The maximum absolute atomic E-state index is 12.4. The predicted molar refractivity (Wildman–Crippen MR) is 118 cm³/mol. The number of pyridine rings is 1. The molecular weight excluding hydrogens is 484 g/mol. The average Bonchev–Trinajstić information content (AvgIpc) is 2.62. The van der Waals surface area contributed by atoms with E-state index in [1.807, 2.05) is 25.1 Å². The Morgan fingerprint density at radius 2 is 2.04 bits per heavy atom. The van der Waals surface area contributed by atoms with Crippen molar-refractivity contribution in [2.45, 2.75) is 32.0 Å². The third-order valence-electron chi connectivity index (χ3n) is 4.35. The molecule has 160 valence electrons. The van der Waals surface area contributed by atoms with E-state index in [0.29, 0.717) is 19.0 Å². The SMILES string of the molecule is CCNC(=NCCN(C)CC(F)(F)F)NC1CCN(c2ccccn2)CC1.I. The van der Waals surface area contributed by atoms with Crippen LogP contribution < -0.4 is 15.5 Å². The molecule has 0 aromatic carbocycles. The molecule has 0 radical (unpaired) electrons. The van der Waals surface area contributed by atoms with Gasteiger partial charge in [0.1, 0.15) is 5.82 Å². The first kappa shape index (κ1) is 24.7. The van der Waals surface area contributed by atoms with Gasteiger partial charge >= 0.3 is 6.18 Å². The van der Waals surface area contributed by atoms with E-state index in [-0.39, 0.29) is 36.6 Å². The zero-order chi connectivity index (χ0) is 19.7. The topological polar surface area (TPSA) is 55.8 Å². The molecule has 0 aliphatic carbocycles. The Balaban J connectivity index is 0.00000392. The van der Waals surface area contributed by atoms with Gasteiger partial charge in [-0.1, -0.05) is 6.07 Å². The fourth-order valence-electron chi connectivity index (χ4n) is 3.02. The first-order valence-corrected chi connectivity index (χ1v) is 9.33. The van der Waals surface area contributed by atoms with Crippen molar-refractivity contribution in [3.63, 3.8) is 0 Å². The van der Waals surface area contributed by atoms with Crippen molar-refractivity contribution in [3.05, 3.63) is 24.4 Å². The molecule has 0 atom stereocenters. The highest BCUT2D eigenvalue weighted by Crippen LogP contribution is 2.17. The molecule has 1 aliphatic heterocycles. The summed E-state index contributed by atoms with van der Waals surface area (Å²) in [5.41, 5.74) is 0. The Labute approximate surface area is 182 Å². The van der Waals surface area contributed by atoms with Crippen LogP contribution >= 0.6 is 24.0 Å². The fraction of sp³-hybridized carbons (Fsp3) is 0.667. The second kappa shape index (κ2) is 12.3. The third-order valence-corrected chi connectivity index (χ3v) is 4.35. The van der Waals surface area contributed by atoms with Crippen LogP contribution in [0.4, 0.5) is 19.0 Å². The van der Waals surface area contributed by atoms with E-state index in [2.05, 4.69) is 25.5 Å². The average molecular weight is 514 g/mol. The number of hydrogen-bond donors (Lipinski definition) is 2. The van der Waals surface area contributed by atoms with E-state index in [0.717, 1.165) is 31.7 Å². The first-order chi connectivity index (χ1) is 12.9. The van der Waals surface area contributed by atoms with Crippen LogP contribution in [0.3, 0.4) is 0 Å². The number of aliphatic imine (C=N–C) groups is 1. The minimum absolute atomic E-state index is 0. The Morgan fingerprint density at radius 3 is 2.61 bits per heavy atom. The van der Waals surface area contributed by atoms with Gasteiger partial charge in [0.25, 0.3) is 0 Å². The predicted octanol–water partition coefficient (Wildman–Crippen LogP) is 2.72. The van der Waals surface area contributed by atoms with Gasteiger partial charge < -0.3 is 15.5 Å². The van der Waals surface area contributed by atoms with Crippen molar-refractivity contribution >= 4 is 35.8 Å². The number of likely N-dealkylation sites (N-methyl/N-ethyl adjacent to an activating group) is 1. The molecule has 0 saturated carbocycles. The number of anilines is 1. The summed E-state index contributed by atoms with van der Waals surface area (Å²) in [6.07, 6.45) is -0.474. The van der Waals surface area contributed by atoms with E-state index in [1.54, 1.807) is 6.20 Å². The summed E-state index contributed by atoms with van der Waals surface area (Å²) in [6, 6.07) is 6.19. The summed E-state index contributed by atoms with van der Waals surface area (Å²) in [6.45, 7) is 4.14. The zero-order valence-electron chi connectivity index (χ0n) is 16.4. The molecule has 2 heterocycles. The molecule has 0 unspecified atom stereocenters. The van der Waals surface area contributed by atoms with Gasteiger partial charge in [-0.2, -0.15) is 13.2 Å². The van der Waals surface area contributed by atoms with Crippen LogP contribution in [-0.4, -0.2) is 74.4 Å². The van der Waals surface area contributed by atoms with E-state index < -0.39 is 12.7 Å². The quantitative estimate of drug-likeness (QED) is 0.333. The number of hydrogen-bond acceptors (Lipinski definition) is 4. The summed E-state index contributed by atoms with van der Waals surface area (Å²) in [5, 5.41) is 6.57. The zero-order valence-corrected chi connectivity index (χ0v) is 18.7. The molecule has 1 fully saturated rings. The Bertz CT molecular complexity index is 576. The Kier molecular flexibility index (Phi) is 10.9. The molecular formula is C18H30F3IN6. The highest BCUT2D eigenvalue weighted by molar-refractivity contribution is 14.0. The van der Waals surface area contributed by atoms with E-state index >= 15 is 0 Å². The van der Waals surface area contributed by atoms with Crippen molar-refractivity contribution in [3.8, 4) is 0 Å². The Morgan fingerprint density at radius 1 is 1.32 bits per heavy atom. The van der Waals surface area contributed by atoms with Crippen LogP contribution in [0.5, 0.6) is 0 Å². The van der Waals surface area contributed by atoms with Gasteiger partial charge in [-0.3, -0.25) is 9.89 Å². The van der Waals surface area contributed by atoms with E-state index in [9.17, 15) is 13.2 Å². The Hall–Kier alpha value is -1.30. The van der Waals surface area contributed by atoms with Crippen LogP contribution in [0.2, 0.25) is 0 Å². The van der Waals surface area contributed by atoms with Gasteiger partial charge in [0, 0.05) is 38.4 Å². The second-order valence-corrected chi connectivity index (χ2v) is 6.71. The molecule has 2 N–H and O–H groups in total. The molecule has 0 spiro atoms. The molecule has 6 nitrogen and oxygen atoms in total. The van der Waals surface area contributed by atoms with Gasteiger partial charge in [-0.05, 0) is 38.9 Å². The van der Waals surface area contributed by atoms with E-state index in [4.69, 9.17) is 0 Å². The number of rotatable bonds is 7. The summed E-state index contributed by atoms with van der Waals surface area (Å²) in [7, 11) is 1.46. The lowest BCUT2D eigenvalue weighted by atomic mass is 10.1. The molecule has 1 aromatic rings. The van der Waals surface area contributed by atoms with Crippen LogP contribution in [0.1, 0.15) is 19.8 Å². The van der Waals surface area contributed by atoms with Crippen molar-refractivity contribution in [1.82, 2.24) is 20.5 Å². The van der Waals surface area contributed by atoms with Gasteiger partial charge in [0.2, 0.25) is 0 Å². The van der Waals surface area contributed by atoms with Crippen LogP contribution in [0.25, 0.3) is 0 Å². The molecule has 0 bridgehead atoms. The number of piperidine rings is 1. The summed E-state index contributed by atoms with van der Waals surface area (Å²) >= 11 is 0. The smallest absolute Gasteiger partial charge is 0.357 e. The lowest BCUT2D eigenvalue weighted by molar-refractivity contribution is -0.142.